The Morgan fingerprint density at radius 3 is 2.75 bits per heavy atom. The number of halogens is 1. The van der Waals surface area contributed by atoms with Crippen molar-refractivity contribution in [2.45, 2.75) is 13.3 Å². The molecule has 2 aromatic rings. The Balaban J connectivity index is 2.13. The third-order valence-corrected chi connectivity index (χ3v) is 2.73. The molecule has 20 heavy (non-hydrogen) atoms. The molecule has 1 heterocycles. The molecular weight excluding hydrogens is 257 g/mol. The maximum absolute atomic E-state index is 13.3. The van der Waals surface area contributed by atoms with Gasteiger partial charge in [-0.1, -0.05) is 13.0 Å². The van der Waals surface area contributed by atoms with Crippen molar-refractivity contribution in [3.63, 3.8) is 0 Å². The number of aromatic nitrogens is 1. The summed E-state index contributed by atoms with van der Waals surface area (Å²) in [4.78, 5) is 4.43. The molecule has 0 unspecified atom stereocenters. The summed E-state index contributed by atoms with van der Waals surface area (Å²) < 4.78 is 18.3. The van der Waals surface area contributed by atoms with Crippen LogP contribution in [0.15, 0.2) is 36.4 Å². The summed E-state index contributed by atoms with van der Waals surface area (Å²) in [6.07, 6.45) is 1.04. The SMILES string of the molecule is CCCNc1cccc(Nc2ccc(F)c(OC)c2)n1. The molecule has 0 radical (unpaired) electrons. The Hall–Kier alpha value is -2.30. The topological polar surface area (TPSA) is 46.2 Å². The first kappa shape index (κ1) is 14.1. The molecule has 5 heteroatoms. The molecule has 0 fully saturated rings. The molecule has 0 aliphatic carbocycles. The van der Waals surface area contributed by atoms with Crippen molar-refractivity contribution in [1.29, 1.82) is 0 Å². The second-order valence-corrected chi connectivity index (χ2v) is 4.31. The van der Waals surface area contributed by atoms with E-state index in [0.29, 0.717) is 5.82 Å². The summed E-state index contributed by atoms with van der Waals surface area (Å²) in [7, 11) is 1.44. The van der Waals surface area contributed by atoms with Gasteiger partial charge in [0, 0.05) is 18.3 Å². The monoisotopic (exact) mass is 275 g/mol. The lowest BCUT2D eigenvalue weighted by Gasteiger charge is -2.10. The minimum absolute atomic E-state index is 0.204. The lowest BCUT2D eigenvalue weighted by Crippen LogP contribution is -2.03. The second-order valence-electron chi connectivity index (χ2n) is 4.31. The van der Waals surface area contributed by atoms with Crippen LogP contribution in [0.25, 0.3) is 0 Å². The predicted octanol–water partition coefficient (Wildman–Crippen LogP) is 3.79. The fraction of sp³-hybridized carbons (Fsp3) is 0.267. The average molecular weight is 275 g/mol. The predicted molar refractivity (Wildman–Crippen MR) is 79.3 cm³/mol. The smallest absolute Gasteiger partial charge is 0.165 e. The number of pyridine rings is 1. The first-order valence-corrected chi connectivity index (χ1v) is 6.54. The highest BCUT2D eigenvalue weighted by molar-refractivity contribution is 5.60. The molecule has 0 spiro atoms. The van der Waals surface area contributed by atoms with Crippen LogP contribution in [0.4, 0.5) is 21.7 Å². The van der Waals surface area contributed by atoms with Crippen LogP contribution in [-0.4, -0.2) is 18.6 Å². The van der Waals surface area contributed by atoms with E-state index in [9.17, 15) is 4.39 Å². The van der Waals surface area contributed by atoms with Gasteiger partial charge in [-0.15, -0.1) is 0 Å². The van der Waals surface area contributed by atoms with E-state index in [1.54, 1.807) is 12.1 Å². The number of anilines is 3. The van der Waals surface area contributed by atoms with Crippen LogP contribution < -0.4 is 15.4 Å². The maximum Gasteiger partial charge on any atom is 0.165 e. The van der Waals surface area contributed by atoms with E-state index in [-0.39, 0.29) is 11.6 Å². The van der Waals surface area contributed by atoms with Crippen LogP contribution >= 0.6 is 0 Å². The zero-order valence-corrected chi connectivity index (χ0v) is 11.6. The van der Waals surface area contributed by atoms with Crippen molar-refractivity contribution >= 4 is 17.3 Å². The minimum atomic E-state index is -0.385. The highest BCUT2D eigenvalue weighted by atomic mass is 19.1. The number of nitrogens with one attached hydrogen (secondary N) is 2. The molecule has 4 nitrogen and oxygen atoms in total. The number of rotatable bonds is 6. The van der Waals surface area contributed by atoms with E-state index in [0.717, 1.165) is 24.5 Å². The van der Waals surface area contributed by atoms with Crippen LogP contribution in [0, 0.1) is 5.82 Å². The Kier molecular flexibility index (Phi) is 4.76. The van der Waals surface area contributed by atoms with E-state index in [1.165, 1.54) is 13.2 Å². The summed E-state index contributed by atoms with van der Waals surface area (Å²) in [6, 6.07) is 10.3. The lowest BCUT2D eigenvalue weighted by atomic mass is 10.3. The summed E-state index contributed by atoms with van der Waals surface area (Å²) in [6.45, 7) is 2.97. The molecule has 106 valence electrons. The van der Waals surface area contributed by atoms with E-state index in [1.807, 2.05) is 18.2 Å². The first-order chi connectivity index (χ1) is 9.72. The van der Waals surface area contributed by atoms with Crippen molar-refractivity contribution in [3.8, 4) is 5.75 Å². The minimum Gasteiger partial charge on any atom is -0.494 e. The van der Waals surface area contributed by atoms with Gasteiger partial charge in [0.05, 0.1) is 7.11 Å². The van der Waals surface area contributed by atoms with Crippen LogP contribution in [0.2, 0.25) is 0 Å². The molecule has 1 aromatic carbocycles. The van der Waals surface area contributed by atoms with Gasteiger partial charge in [-0.25, -0.2) is 9.37 Å². The van der Waals surface area contributed by atoms with Crippen molar-refractivity contribution in [1.82, 2.24) is 4.98 Å². The molecule has 0 saturated carbocycles. The van der Waals surface area contributed by atoms with Gasteiger partial charge in [0.15, 0.2) is 11.6 Å². The van der Waals surface area contributed by atoms with E-state index >= 15 is 0 Å². The standard InChI is InChI=1S/C15H18FN3O/c1-3-9-17-14-5-4-6-15(19-14)18-11-7-8-12(16)13(10-11)20-2/h4-8,10H,3,9H2,1-2H3,(H2,17,18,19). The largest absolute Gasteiger partial charge is 0.494 e. The van der Waals surface area contributed by atoms with Gasteiger partial charge in [0.1, 0.15) is 11.6 Å². The van der Waals surface area contributed by atoms with Crippen LogP contribution in [0.1, 0.15) is 13.3 Å². The molecule has 2 N–H and O–H groups in total. The van der Waals surface area contributed by atoms with Gasteiger partial charge in [0.2, 0.25) is 0 Å². The Bertz CT molecular complexity index is 575. The Labute approximate surface area is 118 Å². The van der Waals surface area contributed by atoms with Crippen molar-refractivity contribution in [2.75, 3.05) is 24.3 Å². The highest BCUT2D eigenvalue weighted by Crippen LogP contribution is 2.24. The molecule has 0 atom stereocenters. The summed E-state index contributed by atoms with van der Waals surface area (Å²) in [5.41, 5.74) is 0.725. The molecule has 0 amide bonds. The van der Waals surface area contributed by atoms with Crippen molar-refractivity contribution in [2.24, 2.45) is 0 Å². The third kappa shape index (κ3) is 3.60. The Morgan fingerprint density at radius 2 is 2.00 bits per heavy atom. The fourth-order valence-corrected chi connectivity index (χ4v) is 1.74. The van der Waals surface area contributed by atoms with Crippen LogP contribution in [0.3, 0.4) is 0 Å². The van der Waals surface area contributed by atoms with Gasteiger partial charge in [-0.3, -0.25) is 0 Å². The normalized spacial score (nSPS) is 10.2. The van der Waals surface area contributed by atoms with E-state index < -0.39 is 0 Å². The molecule has 2 rings (SSSR count). The van der Waals surface area contributed by atoms with Gasteiger partial charge in [0.25, 0.3) is 0 Å². The first-order valence-electron chi connectivity index (χ1n) is 6.54. The van der Waals surface area contributed by atoms with E-state index in [2.05, 4.69) is 22.5 Å². The number of hydrogen-bond acceptors (Lipinski definition) is 4. The summed E-state index contributed by atoms with van der Waals surface area (Å²) in [5, 5.41) is 6.34. The third-order valence-electron chi connectivity index (χ3n) is 2.73. The fourth-order valence-electron chi connectivity index (χ4n) is 1.74. The molecular formula is C15H18FN3O. The van der Waals surface area contributed by atoms with Gasteiger partial charge in [-0.2, -0.15) is 0 Å². The quantitative estimate of drug-likeness (QED) is 0.842. The number of hydrogen-bond donors (Lipinski definition) is 2. The zero-order chi connectivity index (χ0) is 14.4. The number of methoxy groups -OCH3 is 1. The maximum atomic E-state index is 13.3. The van der Waals surface area contributed by atoms with Crippen molar-refractivity contribution < 1.29 is 9.13 Å². The second kappa shape index (κ2) is 6.75. The molecule has 0 bridgehead atoms. The Morgan fingerprint density at radius 1 is 1.20 bits per heavy atom. The van der Waals surface area contributed by atoms with E-state index in [4.69, 9.17) is 4.74 Å². The number of benzene rings is 1. The van der Waals surface area contributed by atoms with Crippen molar-refractivity contribution in [3.05, 3.63) is 42.2 Å². The number of ether oxygens (including phenoxy) is 1. The van der Waals surface area contributed by atoms with Crippen LogP contribution in [-0.2, 0) is 0 Å². The van der Waals surface area contributed by atoms with Crippen LogP contribution in [0.5, 0.6) is 5.75 Å². The van der Waals surface area contributed by atoms with Gasteiger partial charge >= 0.3 is 0 Å². The molecule has 0 aliphatic heterocycles. The zero-order valence-electron chi connectivity index (χ0n) is 11.6. The van der Waals surface area contributed by atoms with Gasteiger partial charge in [-0.05, 0) is 30.7 Å². The highest BCUT2D eigenvalue weighted by Gasteiger charge is 2.04. The molecule has 1 aromatic heterocycles. The van der Waals surface area contributed by atoms with Gasteiger partial charge < -0.3 is 15.4 Å². The molecule has 0 saturated heterocycles. The summed E-state index contributed by atoms with van der Waals surface area (Å²) in [5.74, 6) is 1.32. The number of nitrogens with zero attached hydrogens (tertiary/aromatic N) is 1. The lowest BCUT2D eigenvalue weighted by molar-refractivity contribution is 0.387. The molecule has 0 aliphatic rings. The average Bonchev–Trinajstić information content (AvgIpc) is 2.47. The summed E-state index contributed by atoms with van der Waals surface area (Å²) >= 11 is 0.